The van der Waals surface area contributed by atoms with Crippen LogP contribution >= 0.6 is 0 Å². The van der Waals surface area contributed by atoms with E-state index < -0.39 is 6.04 Å². The molecule has 0 saturated heterocycles. The van der Waals surface area contributed by atoms with Crippen LogP contribution in [-0.4, -0.2) is 18.1 Å². The standard InChI is InChI=1S/C12H23NO2/c1-4-11(13)12(14)15-10-6-5-8(2)9(3)7-10/h8-11H,4-7,13H2,1-3H3/t8?,9?,10?,11-/m1/s1. The molecule has 3 unspecified atom stereocenters. The molecule has 15 heavy (non-hydrogen) atoms. The van der Waals surface area contributed by atoms with Crippen molar-refractivity contribution in [2.24, 2.45) is 17.6 Å². The van der Waals surface area contributed by atoms with Gasteiger partial charge < -0.3 is 10.5 Å². The van der Waals surface area contributed by atoms with E-state index in [9.17, 15) is 4.79 Å². The molecule has 4 atom stereocenters. The van der Waals surface area contributed by atoms with Gasteiger partial charge in [-0.15, -0.1) is 0 Å². The third-order valence-corrected chi connectivity index (χ3v) is 3.58. The van der Waals surface area contributed by atoms with Crippen LogP contribution < -0.4 is 5.73 Å². The SMILES string of the molecule is CC[C@@H](N)C(=O)OC1CCC(C)C(C)C1. The highest BCUT2D eigenvalue weighted by molar-refractivity contribution is 5.75. The molecular formula is C12H23NO2. The fourth-order valence-corrected chi connectivity index (χ4v) is 2.02. The Morgan fingerprint density at radius 3 is 2.60 bits per heavy atom. The van der Waals surface area contributed by atoms with Gasteiger partial charge in [-0.1, -0.05) is 20.8 Å². The van der Waals surface area contributed by atoms with Crippen molar-refractivity contribution in [1.82, 2.24) is 0 Å². The summed E-state index contributed by atoms with van der Waals surface area (Å²) in [6.07, 6.45) is 3.89. The van der Waals surface area contributed by atoms with Gasteiger partial charge >= 0.3 is 5.97 Å². The van der Waals surface area contributed by atoms with Gasteiger partial charge in [0.15, 0.2) is 0 Å². The Hall–Kier alpha value is -0.570. The summed E-state index contributed by atoms with van der Waals surface area (Å²) in [6, 6.07) is -0.445. The number of ether oxygens (including phenoxy) is 1. The van der Waals surface area contributed by atoms with E-state index in [0.29, 0.717) is 12.3 Å². The Labute approximate surface area is 92.4 Å². The van der Waals surface area contributed by atoms with Crippen molar-refractivity contribution in [3.8, 4) is 0 Å². The molecule has 0 aromatic rings. The van der Waals surface area contributed by atoms with E-state index in [0.717, 1.165) is 25.2 Å². The fraction of sp³-hybridized carbons (Fsp3) is 0.917. The first kappa shape index (κ1) is 12.5. The monoisotopic (exact) mass is 213 g/mol. The highest BCUT2D eigenvalue weighted by atomic mass is 16.5. The smallest absolute Gasteiger partial charge is 0.323 e. The van der Waals surface area contributed by atoms with Gasteiger partial charge in [-0.25, -0.2) is 0 Å². The average molecular weight is 213 g/mol. The van der Waals surface area contributed by atoms with Crippen LogP contribution in [0.2, 0.25) is 0 Å². The molecule has 1 aliphatic rings. The molecule has 0 amide bonds. The minimum atomic E-state index is -0.445. The zero-order valence-electron chi connectivity index (χ0n) is 10.0. The minimum absolute atomic E-state index is 0.0984. The van der Waals surface area contributed by atoms with E-state index >= 15 is 0 Å². The normalized spacial score (nSPS) is 33.5. The summed E-state index contributed by atoms with van der Waals surface area (Å²) in [5, 5.41) is 0. The Balaban J connectivity index is 2.36. The Morgan fingerprint density at radius 1 is 1.40 bits per heavy atom. The Bertz CT molecular complexity index is 218. The maximum atomic E-state index is 11.5. The first-order valence-electron chi connectivity index (χ1n) is 6.00. The van der Waals surface area contributed by atoms with E-state index in [-0.39, 0.29) is 12.1 Å². The van der Waals surface area contributed by atoms with Gasteiger partial charge in [-0.3, -0.25) is 4.79 Å². The number of esters is 1. The van der Waals surface area contributed by atoms with E-state index in [2.05, 4.69) is 13.8 Å². The molecule has 0 aliphatic heterocycles. The number of hydrogen-bond donors (Lipinski definition) is 1. The van der Waals surface area contributed by atoms with E-state index in [4.69, 9.17) is 10.5 Å². The first-order valence-corrected chi connectivity index (χ1v) is 6.00. The maximum absolute atomic E-state index is 11.5. The summed E-state index contributed by atoms with van der Waals surface area (Å²) in [5.41, 5.74) is 5.62. The lowest BCUT2D eigenvalue weighted by Crippen LogP contribution is -2.36. The van der Waals surface area contributed by atoms with Crippen LogP contribution in [0.25, 0.3) is 0 Å². The molecule has 0 radical (unpaired) electrons. The first-order chi connectivity index (χ1) is 7.04. The number of nitrogens with two attached hydrogens (primary N) is 1. The highest BCUT2D eigenvalue weighted by Crippen LogP contribution is 2.31. The topological polar surface area (TPSA) is 52.3 Å². The molecule has 0 spiro atoms. The van der Waals surface area contributed by atoms with Gasteiger partial charge in [0, 0.05) is 0 Å². The molecule has 1 aliphatic carbocycles. The van der Waals surface area contributed by atoms with Crippen LogP contribution in [-0.2, 0) is 9.53 Å². The zero-order valence-corrected chi connectivity index (χ0v) is 10.0. The fourth-order valence-electron chi connectivity index (χ4n) is 2.02. The second-order valence-electron chi connectivity index (χ2n) is 4.84. The lowest BCUT2D eigenvalue weighted by Gasteiger charge is -2.32. The molecule has 88 valence electrons. The predicted molar refractivity (Wildman–Crippen MR) is 60.3 cm³/mol. The van der Waals surface area contributed by atoms with Gasteiger partial charge in [0.25, 0.3) is 0 Å². The molecule has 2 N–H and O–H groups in total. The van der Waals surface area contributed by atoms with Gasteiger partial charge in [0.05, 0.1) is 0 Å². The predicted octanol–water partition coefficient (Wildman–Crippen LogP) is 2.09. The summed E-state index contributed by atoms with van der Waals surface area (Å²) in [7, 11) is 0. The van der Waals surface area contributed by atoms with Crippen LogP contribution in [0.1, 0.15) is 46.5 Å². The highest BCUT2D eigenvalue weighted by Gasteiger charge is 2.27. The van der Waals surface area contributed by atoms with E-state index in [1.165, 1.54) is 0 Å². The number of carbonyl (C=O) groups excluding carboxylic acids is 1. The lowest BCUT2D eigenvalue weighted by molar-refractivity contribution is -0.153. The van der Waals surface area contributed by atoms with Crippen molar-refractivity contribution >= 4 is 5.97 Å². The molecular weight excluding hydrogens is 190 g/mol. The molecule has 0 bridgehead atoms. The Morgan fingerprint density at radius 2 is 2.07 bits per heavy atom. The van der Waals surface area contributed by atoms with E-state index in [1.54, 1.807) is 0 Å². The maximum Gasteiger partial charge on any atom is 0.323 e. The van der Waals surface area contributed by atoms with Crippen molar-refractivity contribution in [3.05, 3.63) is 0 Å². The van der Waals surface area contributed by atoms with Crippen molar-refractivity contribution in [2.45, 2.75) is 58.6 Å². The molecule has 0 aromatic carbocycles. The molecule has 1 saturated carbocycles. The largest absolute Gasteiger partial charge is 0.461 e. The molecule has 1 rings (SSSR count). The number of carbonyl (C=O) groups is 1. The van der Waals surface area contributed by atoms with Crippen LogP contribution in [0.4, 0.5) is 0 Å². The zero-order chi connectivity index (χ0) is 11.4. The summed E-state index contributed by atoms with van der Waals surface area (Å²) in [4.78, 5) is 11.5. The molecule has 1 fully saturated rings. The van der Waals surface area contributed by atoms with Crippen LogP contribution in [0.3, 0.4) is 0 Å². The third kappa shape index (κ3) is 3.49. The molecule has 3 nitrogen and oxygen atoms in total. The van der Waals surface area contributed by atoms with E-state index in [1.807, 2.05) is 6.92 Å². The van der Waals surface area contributed by atoms with Crippen LogP contribution in [0.5, 0.6) is 0 Å². The second-order valence-corrected chi connectivity index (χ2v) is 4.84. The summed E-state index contributed by atoms with van der Waals surface area (Å²) in [6.45, 7) is 6.39. The summed E-state index contributed by atoms with van der Waals surface area (Å²) >= 11 is 0. The molecule has 0 aromatic heterocycles. The minimum Gasteiger partial charge on any atom is -0.461 e. The van der Waals surface area contributed by atoms with Crippen molar-refractivity contribution < 1.29 is 9.53 Å². The van der Waals surface area contributed by atoms with Gasteiger partial charge in [-0.05, 0) is 37.5 Å². The average Bonchev–Trinajstić information content (AvgIpc) is 2.22. The number of hydrogen-bond acceptors (Lipinski definition) is 3. The van der Waals surface area contributed by atoms with Crippen LogP contribution in [0.15, 0.2) is 0 Å². The van der Waals surface area contributed by atoms with Gasteiger partial charge in [-0.2, -0.15) is 0 Å². The number of rotatable bonds is 3. The van der Waals surface area contributed by atoms with Gasteiger partial charge in [0.2, 0.25) is 0 Å². The second kappa shape index (κ2) is 5.50. The Kier molecular flexibility index (Phi) is 4.58. The van der Waals surface area contributed by atoms with Crippen molar-refractivity contribution in [3.63, 3.8) is 0 Å². The van der Waals surface area contributed by atoms with Gasteiger partial charge in [0.1, 0.15) is 12.1 Å². The van der Waals surface area contributed by atoms with Crippen molar-refractivity contribution in [2.75, 3.05) is 0 Å². The summed E-state index contributed by atoms with van der Waals surface area (Å²) < 4.78 is 5.40. The molecule has 3 heteroatoms. The quantitative estimate of drug-likeness (QED) is 0.730. The van der Waals surface area contributed by atoms with Crippen LogP contribution in [0, 0.1) is 11.8 Å². The lowest BCUT2D eigenvalue weighted by atomic mass is 9.80. The molecule has 0 heterocycles. The summed E-state index contributed by atoms with van der Waals surface area (Å²) in [5.74, 6) is 1.17. The van der Waals surface area contributed by atoms with Crippen molar-refractivity contribution in [1.29, 1.82) is 0 Å². The third-order valence-electron chi connectivity index (χ3n) is 3.58.